The molecule has 0 radical (unpaired) electrons. The van der Waals surface area contributed by atoms with Crippen LogP contribution in [0.5, 0.6) is 0 Å². The molecule has 0 atom stereocenters. The number of methoxy groups -OCH3 is 1. The van der Waals surface area contributed by atoms with Crippen LogP contribution in [0.15, 0.2) is 65.4 Å². The summed E-state index contributed by atoms with van der Waals surface area (Å²) in [5.74, 6) is -2.05. The number of rotatable bonds is 3. The Hall–Kier alpha value is -3.28. The number of ether oxygens (including phenoxy) is 1. The van der Waals surface area contributed by atoms with Crippen molar-refractivity contribution in [2.24, 2.45) is 0 Å². The summed E-state index contributed by atoms with van der Waals surface area (Å²) in [5.41, 5.74) is 1.38. The predicted octanol–water partition coefficient (Wildman–Crippen LogP) is 3.84. The van der Waals surface area contributed by atoms with Crippen LogP contribution in [0.4, 0.5) is 14.5 Å². The summed E-state index contributed by atoms with van der Waals surface area (Å²) in [6, 6.07) is 11.0. The van der Waals surface area contributed by atoms with Crippen LogP contribution in [0.3, 0.4) is 0 Å². The van der Waals surface area contributed by atoms with Gasteiger partial charge in [-0.05, 0) is 55.0 Å². The summed E-state index contributed by atoms with van der Waals surface area (Å²) in [7, 11) is 1.22. The standard InChI is InChI=1S/C20H15F2NO3/c1-12-18(20(25)26-2)17(11-13-4-3-5-15(22)10-13)19(24)23(12)16-8-6-14(21)7-9-16/h3-11H,1-2H3/b17-11-. The van der Waals surface area contributed by atoms with E-state index in [9.17, 15) is 18.4 Å². The number of anilines is 1. The molecular weight excluding hydrogens is 340 g/mol. The Kier molecular flexibility index (Phi) is 4.67. The summed E-state index contributed by atoms with van der Waals surface area (Å²) < 4.78 is 31.4. The van der Waals surface area contributed by atoms with Crippen molar-refractivity contribution < 1.29 is 23.1 Å². The lowest BCUT2D eigenvalue weighted by molar-refractivity contribution is -0.136. The van der Waals surface area contributed by atoms with Crippen LogP contribution < -0.4 is 4.90 Å². The van der Waals surface area contributed by atoms with Crippen molar-refractivity contribution in [3.63, 3.8) is 0 Å². The van der Waals surface area contributed by atoms with Gasteiger partial charge in [-0.15, -0.1) is 0 Å². The molecule has 1 amide bonds. The van der Waals surface area contributed by atoms with Crippen molar-refractivity contribution in [2.75, 3.05) is 12.0 Å². The highest BCUT2D eigenvalue weighted by Crippen LogP contribution is 2.35. The molecular formula is C20H15F2NO3. The van der Waals surface area contributed by atoms with E-state index in [4.69, 9.17) is 4.74 Å². The minimum absolute atomic E-state index is 0.0873. The summed E-state index contributed by atoms with van der Waals surface area (Å²) in [4.78, 5) is 26.5. The molecule has 0 saturated carbocycles. The smallest absolute Gasteiger partial charge is 0.340 e. The average molecular weight is 355 g/mol. The van der Waals surface area contributed by atoms with E-state index in [0.717, 1.165) is 0 Å². The minimum Gasteiger partial charge on any atom is -0.465 e. The minimum atomic E-state index is -0.678. The van der Waals surface area contributed by atoms with Gasteiger partial charge in [-0.25, -0.2) is 13.6 Å². The second kappa shape index (κ2) is 6.92. The number of carbonyl (C=O) groups is 2. The Balaban J connectivity index is 2.13. The first-order chi connectivity index (χ1) is 12.4. The largest absolute Gasteiger partial charge is 0.465 e. The maximum atomic E-state index is 13.5. The lowest BCUT2D eigenvalue weighted by atomic mass is 10.0. The molecule has 1 heterocycles. The normalized spacial score (nSPS) is 15.8. The lowest BCUT2D eigenvalue weighted by Crippen LogP contribution is -2.24. The van der Waals surface area contributed by atoms with E-state index in [0.29, 0.717) is 16.9 Å². The van der Waals surface area contributed by atoms with E-state index < -0.39 is 23.5 Å². The van der Waals surface area contributed by atoms with Gasteiger partial charge in [0.1, 0.15) is 11.6 Å². The number of nitrogens with zero attached hydrogens (tertiary/aromatic N) is 1. The molecule has 0 spiro atoms. The summed E-state index contributed by atoms with van der Waals surface area (Å²) in [6.07, 6.45) is 1.44. The summed E-state index contributed by atoms with van der Waals surface area (Å²) in [6.45, 7) is 1.60. The van der Waals surface area contributed by atoms with Crippen LogP contribution in [-0.4, -0.2) is 19.0 Å². The topological polar surface area (TPSA) is 46.6 Å². The first-order valence-corrected chi connectivity index (χ1v) is 7.79. The second-order valence-corrected chi connectivity index (χ2v) is 5.68. The Morgan fingerprint density at radius 2 is 1.77 bits per heavy atom. The number of amides is 1. The predicted molar refractivity (Wildman–Crippen MR) is 93.0 cm³/mol. The van der Waals surface area contributed by atoms with Gasteiger partial charge in [-0.1, -0.05) is 12.1 Å². The van der Waals surface area contributed by atoms with E-state index in [-0.39, 0.29) is 11.1 Å². The van der Waals surface area contributed by atoms with Crippen LogP contribution in [0.25, 0.3) is 6.08 Å². The zero-order valence-corrected chi connectivity index (χ0v) is 14.1. The molecule has 0 aliphatic carbocycles. The van der Waals surface area contributed by atoms with Crippen LogP contribution >= 0.6 is 0 Å². The number of allylic oxidation sites excluding steroid dienone is 1. The highest BCUT2D eigenvalue weighted by atomic mass is 19.1. The molecule has 3 rings (SSSR count). The molecule has 1 aliphatic rings. The van der Waals surface area contributed by atoms with E-state index in [2.05, 4.69) is 0 Å². The molecule has 0 saturated heterocycles. The molecule has 2 aromatic rings. The lowest BCUT2D eigenvalue weighted by Gasteiger charge is -2.17. The highest BCUT2D eigenvalue weighted by molar-refractivity contribution is 6.23. The zero-order valence-electron chi connectivity index (χ0n) is 14.1. The van der Waals surface area contributed by atoms with Gasteiger partial charge >= 0.3 is 5.97 Å². The number of halogens is 2. The van der Waals surface area contributed by atoms with Gasteiger partial charge in [-0.2, -0.15) is 0 Å². The third-order valence-electron chi connectivity index (χ3n) is 4.03. The maximum absolute atomic E-state index is 13.5. The van der Waals surface area contributed by atoms with Gasteiger partial charge in [0.2, 0.25) is 0 Å². The fourth-order valence-corrected chi connectivity index (χ4v) is 2.84. The summed E-state index contributed by atoms with van der Waals surface area (Å²) in [5, 5.41) is 0. The molecule has 132 valence electrons. The molecule has 6 heteroatoms. The number of hydrogen-bond acceptors (Lipinski definition) is 3. The van der Waals surface area contributed by atoms with E-state index >= 15 is 0 Å². The Labute approximate surface area is 149 Å². The zero-order chi connectivity index (χ0) is 18.8. The van der Waals surface area contributed by atoms with Crippen molar-refractivity contribution in [2.45, 2.75) is 6.92 Å². The van der Waals surface area contributed by atoms with E-state index in [1.807, 2.05) is 0 Å². The quantitative estimate of drug-likeness (QED) is 0.621. The fraction of sp³-hybridized carbons (Fsp3) is 0.100. The molecule has 0 aromatic heterocycles. The van der Waals surface area contributed by atoms with E-state index in [1.165, 1.54) is 60.6 Å². The van der Waals surface area contributed by atoms with Crippen LogP contribution in [0, 0.1) is 11.6 Å². The SMILES string of the molecule is COC(=O)C1=C(C)N(c2ccc(F)cc2)C(=O)/C1=C\c1cccc(F)c1. The van der Waals surface area contributed by atoms with Crippen LogP contribution in [0.2, 0.25) is 0 Å². The van der Waals surface area contributed by atoms with Gasteiger partial charge in [0, 0.05) is 11.4 Å². The van der Waals surface area contributed by atoms with Crippen molar-refractivity contribution >= 4 is 23.6 Å². The maximum Gasteiger partial charge on any atom is 0.340 e. The number of hydrogen-bond donors (Lipinski definition) is 0. The highest BCUT2D eigenvalue weighted by Gasteiger charge is 2.37. The average Bonchev–Trinajstić information content (AvgIpc) is 2.86. The number of benzene rings is 2. The van der Waals surface area contributed by atoms with Gasteiger partial charge in [-0.3, -0.25) is 9.69 Å². The summed E-state index contributed by atoms with van der Waals surface area (Å²) >= 11 is 0. The second-order valence-electron chi connectivity index (χ2n) is 5.68. The Morgan fingerprint density at radius 3 is 2.38 bits per heavy atom. The molecule has 4 nitrogen and oxygen atoms in total. The molecule has 0 fully saturated rings. The van der Waals surface area contributed by atoms with Crippen LogP contribution in [-0.2, 0) is 14.3 Å². The third-order valence-corrected chi connectivity index (χ3v) is 4.03. The molecule has 0 N–H and O–H groups in total. The first-order valence-electron chi connectivity index (χ1n) is 7.79. The molecule has 0 bridgehead atoms. The van der Waals surface area contributed by atoms with Gasteiger partial charge in [0.05, 0.1) is 18.3 Å². The van der Waals surface area contributed by atoms with Crippen molar-refractivity contribution in [1.29, 1.82) is 0 Å². The van der Waals surface area contributed by atoms with Crippen LogP contribution in [0.1, 0.15) is 12.5 Å². The van der Waals surface area contributed by atoms with Crippen molar-refractivity contribution in [3.8, 4) is 0 Å². The number of esters is 1. The monoisotopic (exact) mass is 355 g/mol. The Morgan fingerprint density at radius 1 is 1.08 bits per heavy atom. The third kappa shape index (κ3) is 3.13. The molecule has 0 unspecified atom stereocenters. The van der Waals surface area contributed by atoms with Gasteiger partial charge in [0.25, 0.3) is 5.91 Å². The number of carbonyl (C=O) groups excluding carboxylic acids is 2. The van der Waals surface area contributed by atoms with Gasteiger partial charge in [0.15, 0.2) is 0 Å². The van der Waals surface area contributed by atoms with E-state index in [1.54, 1.807) is 13.0 Å². The molecule has 2 aromatic carbocycles. The van der Waals surface area contributed by atoms with Crippen molar-refractivity contribution in [1.82, 2.24) is 0 Å². The molecule has 1 aliphatic heterocycles. The Bertz CT molecular complexity index is 946. The van der Waals surface area contributed by atoms with Gasteiger partial charge < -0.3 is 4.74 Å². The fourth-order valence-electron chi connectivity index (χ4n) is 2.84. The first kappa shape index (κ1) is 17.5. The molecule has 26 heavy (non-hydrogen) atoms. The van der Waals surface area contributed by atoms with Crippen molar-refractivity contribution in [3.05, 3.63) is 82.6 Å².